The number of hydrogen-bond donors (Lipinski definition) is 0. The van der Waals surface area contributed by atoms with Crippen LogP contribution in [0.2, 0.25) is 0 Å². The lowest BCUT2D eigenvalue weighted by molar-refractivity contribution is 0.244. The molecule has 4 heteroatoms. The quantitative estimate of drug-likeness (QED) is 0.790. The maximum Gasteiger partial charge on any atom is 0.127 e. The van der Waals surface area contributed by atoms with Gasteiger partial charge in [0.05, 0.1) is 11.6 Å². The van der Waals surface area contributed by atoms with Crippen molar-refractivity contribution in [3.63, 3.8) is 0 Å². The first-order valence-corrected chi connectivity index (χ1v) is 7.39. The molecule has 0 aromatic heterocycles. The minimum absolute atomic E-state index is 0.236. The van der Waals surface area contributed by atoms with Crippen LogP contribution in [-0.2, 0) is 6.54 Å². The van der Waals surface area contributed by atoms with Gasteiger partial charge >= 0.3 is 0 Å². The molecule has 0 bridgehead atoms. The Morgan fingerprint density at radius 2 is 2.22 bits per heavy atom. The summed E-state index contributed by atoms with van der Waals surface area (Å²) in [6.45, 7) is 2.68. The van der Waals surface area contributed by atoms with Crippen LogP contribution in [0.3, 0.4) is 0 Å². The molecule has 0 N–H and O–H groups in total. The lowest BCUT2D eigenvalue weighted by Crippen LogP contribution is -2.33. The van der Waals surface area contributed by atoms with Gasteiger partial charge in [-0.3, -0.25) is 4.90 Å². The molecule has 0 radical (unpaired) electrons. The first kappa shape index (κ1) is 15.0. The van der Waals surface area contributed by atoms with Crippen molar-refractivity contribution in [1.29, 1.82) is 5.26 Å². The van der Waals surface area contributed by atoms with Gasteiger partial charge in [0.15, 0.2) is 0 Å². The van der Waals surface area contributed by atoms with E-state index in [2.05, 4.69) is 18.1 Å². The Balaban J connectivity index is 2.80. The normalized spacial score (nSPS) is 12.4. The highest BCUT2D eigenvalue weighted by Crippen LogP contribution is 2.16. The second-order valence-corrected chi connectivity index (χ2v) is 5.26. The number of thioether (sulfide) groups is 1. The fourth-order valence-corrected chi connectivity index (χ4v) is 2.79. The Labute approximate surface area is 113 Å². The van der Waals surface area contributed by atoms with E-state index in [1.54, 1.807) is 17.8 Å². The topological polar surface area (TPSA) is 27.0 Å². The number of rotatable bonds is 6. The molecule has 1 aromatic carbocycles. The minimum atomic E-state index is -0.236. The third-order valence-electron chi connectivity index (χ3n) is 3.05. The summed E-state index contributed by atoms with van der Waals surface area (Å²) in [6.07, 6.45) is 3.12. The summed E-state index contributed by atoms with van der Waals surface area (Å²) in [5.41, 5.74) is 1.11. The van der Waals surface area contributed by atoms with Crippen molar-refractivity contribution in [3.05, 3.63) is 35.1 Å². The molecule has 0 amide bonds. The predicted octanol–water partition coefficient (Wildman–Crippen LogP) is 3.27. The molecule has 0 aliphatic carbocycles. The first-order chi connectivity index (χ1) is 8.62. The van der Waals surface area contributed by atoms with Crippen LogP contribution in [0, 0.1) is 17.1 Å². The highest BCUT2D eigenvalue weighted by molar-refractivity contribution is 7.98. The number of halogens is 1. The Morgan fingerprint density at radius 1 is 1.50 bits per heavy atom. The summed E-state index contributed by atoms with van der Waals surface area (Å²) in [5, 5.41) is 8.84. The van der Waals surface area contributed by atoms with E-state index in [0.717, 1.165) is 12.2 Å². The maximum absolute atomic E-state index is 13.7. The second-order valence-electron chi connectivity index (χ2n) is 4.35. The fraction of sp³-hybridized carbons (Fsp3) is 0.500. The van der Waals surface area contributed by atoms with E-state index >= 15 is 0 Å². The molecule has 2 nitrogen and oxygen atoms in total. The number of nitriles is 1. The molecule has 1 atom stereocenters. The van der Waals surface area contributed by atoms with Gasteiger partial charge in [-0.1, -0.05) is 6.92 Å². The third-order valence-corrected chi connectivity index (χ3v) is 3.77. The molecular weight excluding hydrogens is 247 g/mol. The zero-order valence-electron chi connectivity index (χ0n) is 11.1. The van der Waals surface area contributed by atoms with Gasteiger partial charge in [0, 0.05) is 23.9 Å². The van der Waals surface area contributed by atoms with E-state index in [0.29, 0.717) is 23.7 Å². The van der Waals surface area contributed by atoms with Gasteiger partial charge in [-0.25, -0.2) is 4.39 Å². The summed E-state index contributed by atoms with van der Waals surface area (Å²) < 4.78 is 13.7. The van der Waals surface area contributed by atoms with E-state index in [1.165, 1.54) is 12.1 Å². The van der Waals surface area contributed by atoms with Crippen LogP contribution < -0.4 is 0 Å². The molecule has 18 heavy (non-hydrogen) atoms. The zero-order valence-corrected chi connectivity index (χ0v) is 11.9. The molecule has 1 aromatic rings. The second kappa shape index (κ2) is 7.40. The van der Waals surface area contributed by atoms with Gasteiger partial charge in [-0.2, -0.15) is 17.0 Å². The molecule has 0 spiro atoms. The molecule has 0 aliphatic rings. The molecule has 0 saturated carbocycles. The number of hydrogen-bond acceptors (Lipinski definition) is 3. The highest BCUT2D eigenvalue weighted by atomic mass is 32.2. The predicted molar refractivity (Wildman–Crippen MR) is 75.0 cm³/mol. The lowest BCUT2D eigenvalue weighted by Gasteiger charge is -2.26. The van der Waals surface area contributed by atoms with Crippen molar-refractivity contribution in [1.82, 2.24) is 4.90 Å². The van der Waals surface area contributed by atoms with Gasteiger partial charge in [-0.05, 0) is 37.9 Å². The van der Waals surface area contributed by atoms with Crippen LogP contribution in [0.5, 0.6) is 0 Å². The average Bonchev–Trinajstić information content (AvgIpc) is 2.38. The molecule has 1 rings (SSSR count). The van der Waals surface area contributed by atoms with Gasteiger partial charge in [0.25, 0.3) is 0 Å². The lowest BCUT2D eigenvalue weighted by atomic mass is 10.1. The Bertz CT molecular complexity index is 428. The van der Waals surface area contributed by atoms with Gasteiger partial charge < -0.3 is 0 Å². The molecule has 0 saturated heterocycles. The molecule has 0 aliphatic heterocycles. The smallest absolute Gasteiger partial charge is 0.127 e. The van der Waals surface area contributed by atoms with E-state index in [1.807, 2.05) is 13.1 Å². The van der Waals surface area contributed by atoms with E-state index in [9.17, 15) is 4.39 Å². The highest BCUT2D eigenvalue weighted by Gasteiger charge is 2.14. The standard InChI is InChI=1S/C14H19FN2S/c1-4-13(10-18-3)17(2)9-12-7-11(8-16)5-6-14(12)15/h5-7,13H,4,9-10H2,1-3H3. The Kier molecular flexibility index (Phi) is 6.17. The molecule has 98 valence electrons. The average molecular weight is 266 g/mol. The maximum atomic E-state index is 13.7. The van der Waals surface area contributed by atoms with Crippen molar-refractivity contribution in [2.24, 2.45) is 0 Å². The summed E-state index contributed by atoms with van der Waals surface area (Å²) in [5.74, 6) is 0.798. The monoisotopic (exact) mass is 266 g/mol. The fourth-order valence-electron chi connectivity index (χ4n) is 1.91. The van der Waals surface area contributed by atoms with E-state index in [4.69, 9.17) is 5.26 Å². The van der Waals surface area contributed by atoms with Crippen molar-refractivity contribution in [2.75, 3.05) is 19.1 Å². The van der Waals surface area contributed by atoms with Crippen LogP contribution >= 0.6 is 11.8 Å². The summed E-state index contributed by atoms with van der Waals surface area (Å²) in [6, 6.07) is 7.00. The van der Waals surface area contributed by atoms with Gasteiger partial charge in [-0.15, -0.1) is 0 Å². The Morgan fingerprint density at radius 3 is 2.78 bits per heavy atom. The summed E-state index contributed by atoms with van der Waals surface area (Å²) >= 11 is 1.80. The van der Waals surface area contributed by atoms with Crippen LogP contribution in [0.25, 0.3) is 0 Å². The number of benzene rings is 1. The molecule has 1 unspecified atom stereocenters. The van der Waals surface area contributed by atoms with Crippen molar-refractivity contribution in [3.8, 4) is 6.07 Å². The SMILES string of the molecule is CCC(CSC)N(C)Cc1cc(C#N)ccc1F. The van der Waals surface area contributed by atoms with Crippen LogP contribution in [-0.4, -0.2) is 30.0 Å². The first-order valence-electron chi connectivity index (χ1n) is 6.00. The third kappa shape index (κ3) is 4.01. The van der Waals surface area contributed by atoms with Crippen LogP contribution in [0.15, 0.2) is 18.2 Å². The van der Waals surface area contributed by atoms with Crippen LogP contribution in [0.1, 0.15) is 24.5 Å². The summed E-state index contributed by atoms with van der Waals surface area (Å²) in [4.78, 5) is 2.15. The van der Waals surface area contributed by atoms with Gasteiger partial charge in [0.2, 0.25) is 0 Å². The Hall–Kier alpha value is -1.05. The van der Waals surface area contributed by atoms with Crippen molar-refractivity contribution < 1.29 is 4.39 Å². The minimum Gasteiger partial charge on any atom is -0.298 e. The van der Waals surface area contributed by atoms with Gasteiger partial charge in [0.1, 0.15) is 5.82 Å². The van der Waals surface area contributed by atoms with Crippen LogP contribution in [0.4, 0.5) is 4.39 Å². The van der Waals surface area contributed by atoms with E-state index in [-0.39, 0.29) is 5.82 Å². The zero-order chi connectivity index (χ0) is 13.5. The van der Waals surface area contributed by atoms with E-state index < -0.39 is 0 Å². The largest absolute Gasteiger partial charge is 0.298 e. The summed E-state index contributed by atoms with van der Waals surface area (Å²) in [7, 11) is 2.00. The number of nitrogens with zero attached hydrogens (tertiary/aromatic N) is 2. The molecular formula is C14H19FN2S. The van der Waals surface area contributed by atoms with Crippen molar-refractivity contribution >= 4 is 11.8 Å². The molecule has 0 fully saturated rings. The molecule has 0 heterocycles. The van der Waals surface area contributed by atoms with Crippen molar-refractivity contribution in [2.45, 2.75) is 25.9 Å².